The molecule has 0 aliphatic rings. The van der Waals surface area contributed by atoms with Crippen molar-refractivity contribution in [2.24, 2.45) is 0 Å². The molecule has 0 N–H and O–H groups in total. The molecule has 0 unspecified atom stereocenters. The Hall–Kier alpha value is -3.16. The number of carbonyl (C=O) groups excluding carboxylic acids is 1. The van der Waals surface area contributed by atoms with Crippen LogP contribution in [0.4, 0.5) is 0 Å². The van der Waals surface area contributed by atoms with Crippen molar-refractivity contribution >= 4 is 5.91 Å². The lowest BCUT2D eigenvalue weighted by atomic mass is 10.2. The van der Waals surface area contributed by atoms with Crippen LogP contribution in [0.2, 0.25) is 0 Å². The average Bonchev–Trinajstić information content (AvgIpc) is 3.26. The number of aromatic nitrogens is 4. The number of amides is 1. The van der Waals surface area contributed by atoms with Crippen LogP contribution in [0.5, 0.6) is 5.88 Å². The molecule has 8 heteroatoms. The van der Waals surface area contributed by atoms with E-state index < -0.39 is 0 Å². The minimum Gasteiger partial charge on any atom is -0.480 e. The zero-order valence-corrected chi connectivity index (χ0v) is 15.3. The molecular weight excluding hydrogens is 334 g/mol. The third kappa shape index (κ3) is 3.44. The van der Waals surface area contributed by atoms with Gasteiger partial charge in [-0.25, -0.2) is 4.68 Å². The monoisotopic (exact) mass is 355 g/mol. The first-order valence-corrected chi connectivity index (χ1v) is 8.29. The van der Waals surface area contributed by atoms with Gasteiger partial charge in [0.05, 0.1) is 31.1 Å². The Morgan fingerprint density at radius 2 is 2.08 bits per heavy atom. The van der Waals surface area contributed by atoms with E-state index in [9.17, 15) is 4.79 Å². The second-order valence-corrected chi connectivity index (χ2v) is 5.88. The summed E-state index contributed by atoms with van der Waals surface area (Å²) >= 11 is 0. The van der Waals surface area contributed by atoms with Gasteiger partial charge in [-0.15, -0.1) is 10.2 Å². The van der Waals surface area contributed by atoms with Gasteiger partial charge in [-0.2, -0.15) is 5.10 Å². The van der Waals surface area contributed by atoms with Crippen LogP contribution in [0.15, 0.2) is 34.9 Å². The van der Waals surface area contributed by atoms with Crippen LogP contribution in [-0.4, -0.2) is 44.9 Å². The summed E-state index contributed by atoms with van der Waals surface area (Å²) in [5.74, 6) is 2.39. The van der Waals surface area contributed by atoms with Gasteiger partial charge in [0.2, 0.25) is 5.88 Å². The van der Waals surface area contributed by atoms with Crippen molar-refractivity contribution in [3.63, 3.8) is 0 Å². The highest BCUT2D eigenvalue weighted by Crippen LogP contribution is 2.18. The molecule has 0 radical (unpaired) electrons. The highest BCUT2D eigenvalue weighted by molar-refractivity contribution is 5.95. The maximum atomic E-state index is 12.9. The third-order valence-corrected chi connectivity index (χ3v) is 4.02. The van der Waals surface area contributed by atoms with Crippen molar-refractivity contribution in [2.45, 2.75) is 26.8 Å². The molecule has 0 aromatic carbocycles. The first-order chi connectivity index (χ1) is 12.5. The van der Waals surface area contributed by atoms with Crippen molar-refractivity contribution in [3.05, 3.63) is 53.2 Å². The molecule has 0 saturated carbocycles. The number of nitrogens with zero attached hydrogens (tertiary/aromatic N) is 5. The summed E-state index contributed by atoms with van der Waals surface area (Å²) in [6.45, 7) is 4.24. The summed E-state index contributed by atoms with van der Waals surface area (Å²) in [4.78, 5) is 14.5. The first-order valence-electron chi connectivity index (χ1n) is 8.29. The molecule has 0 aliphatic carbocycles. The summed E-state index contributed by atoms with van der Waals surface area (Å²) in [5, 5.41) is 12.4. The molecule has 0 spiro atoms. The van der Waals surface area contributed by atoms with E-state index in [4.69, 9.17) is 9.15 Å². The van der Waals surface area contributed by atoms with E-state index in [1.54, 1.807) is 35.0 Å². The van der Waals surface area contributed by atoms with Gasteiger partial charge in [0.15, 0.2) is 5.82 Å². The normalized spacial score (nSPS) is 10.8. The molecule has 3 aromatic rings. The van der Waals surface area contributed by atoms with Gasteiger partial charge in [-0.05, 0) is 31.5 Å². The maximum Gasteiger partial charge on any atom is 0.257 e. The number of furan rings is 1. The quantitative estimate of drug-likeness (QED) is 0.675. The highest BCUT2D eigenvalue weighted by atomic mass is 16.5. The zero-order valence-electron chi connectivity index (χ0n) is 15.3. The Morgan fingerprint density at radius 1 is 1.27 bits per heavy atom. The van der Waals surface area contributed by atoms with Gasteiger partial charge in [0, 0.05) is 13.1 Å². The van der Waals surface area contributed by atoms with E-state index >= 15 is 0 Å². The Kier molecular flexibility index (Phi) is 5.01. The van der Waals surface area contributed by atoms with Crippen molar-refractivity contribution in [1.29, 1.82) is 0 Å². The van der Waals surface area contributed by atoms with Gasteiger partial charge >= 0.3 is 0 Å². The molecule has 8 nitrogen and oxygen atoms in total. The maximum absolute atomic E-state index is 12.9. The molecule has 3 aromatic heterocycles. The van der Waals surface area contributed by atoms with Crippen LogP contribution >= 0.6 is 0 Å². The zero-order chi connectivity index (χ0) is 18.7. The second kappa shape index (κ2) is 7.38. The molecule has 0 bridgehead atoms. The Morgan fingerprint density at radius 3 is 2.65 bits per heavy atom. The van der Waals surface area contributed by atoms with E-state index in [2.05, 4.69) is 15.3 Å². The van der Waals surface area contributed by atoms with Crippen molar-refractivity contribution < 1.29 is 13.9 Å². The van der Waals surface area contributed by atoms with E-state index in [0.29, 0.717) is 30.2 Å². The lowest BCUT2D eigenvalue weighted by Gasteiger charge is -2.16. The smallest absolute Gasteiger partial charge is 0.257 e. The van der Waals surface area contributed by atoms with Crippen molar-refractivity contribution in [3.8, 4) is 11.7 Å². The Labute approximate surface area is 151 Å². The Balaban J connectivity index is 1.85. The fraction of sp³-hybridized carbons (Fsp3) is 0.333. The number of hydrogen-bond donors (Lipinski definition) is 0. The summed E-state index contributed by atoms with van der Waals surface area (Å²) in [6, 6.07) is 7.21. The van der Waals surface area contributed by atoms with Gasteiger partial charge in [0.25, 0.3) is 5.91 Å². The summed E-state index contributed by atoms with van der Waals surface area (Å²) in [7, 11) is 3.27. The number of rotatable bonds is 6. The number of aryl methyl sites for hydroxylation is 1. The minimum atomic E-state index is -0.122. The number of carbonyl (C=O) groups is 1. The minimum absolute atomic E-state index is 0.122. The highest BCUT2D eigenvalue weighted by Gasteiger charge is 2.21. The second-order valence-electron chi connectivity index (χ2n) is 5.88. The lowest BCUT2D eigenvalue weighted by Crippen LogP contribution is -2.26. The van der Waals surface area contributed by atoms with Gasteiger partial charge in [0.1, 0.15) is 11.5 Å². The van der Waals surface area contributed by atoms with Crippen LogP contribution in [-0.2, 0) is 13.0 Å². The largest absolute Gasteiger partial charge is 0.480 e. The molecule has 3 heterocycles. The van der Waals surface area contributed by atoms with Gasteiger partial charge in [-0.1, -0.05) is 6.92 Å². The average molecular weight is 355 g/mol. The van der Waals surface area contributed by atoms with E-state index in [0.717, 1.165) is 17.2 Å². The van der Waals surface area contributed by atoms with Crippen LogP contribution in [0, 0.1) is 6.92 Å². The summed E-state index contributed by atoms with van der Waals surface area (Å²) < 4.78 is 12.2. The fourth-order valence-corrected chi connectivity index (χ4v) is 2.71. The third-order valence-electron chi connectivity index (χ3n) is 4.02. The standard InChI is InChI=1S/C18H21N5O3/c1-5-15-14(18(24)22(3)11-13-7-6-12(2)26-13)10-19-23(15)16-8-9-17(25-4)21-20-16/h6-10H,5,11H2,1-4H3. The summed E-state index contributed by atoms with van der Waals surface area (Å²) in [6.07, 6.45) is 2.19. The Bertz CT molecular complexity index is 898. The molecule has 26 heavy (non-hydrogen) atoms. The van der Waals surface area contributed by atoms with Crippen LogP contribution in [0.3, 0.4) is 0 Å². The van der Waals surface area contributed by atoms with E-state index in [1.807, 2.05) is 26.0 Å². The van der Waals surface area contributed by atoms with Crippen LogP contribution < -0.4 is 4.74 Å². The van der Waals surface area contributed by atoms with Gasteiger partial charge in [-0.3, -0.25) is 4.79 Å². The number of ether oxygens (including phenoxy) is 1. The lowest BCUT2D eigenvalue weighted by molar-refractivity contribution is 0.0774. The van der Waals surface area contributed by atoms with E-state index in [1.165, 1.54) is 7.11 Å². The fourth-order valence-electron chi connectivity index (χ4n) is 2.71. The first kappa shape index (κ1) is 17.7. The van der Waals surface area contributed by atoms with Crippen molar-refractivity contribution in [2.75, 3.05) is 14.2 Å². The molecule has 136 valence electrons. The van der Waals surface area contributed by atoms with Crippen molar-refractivity contribution in [1.82, 2.24) is 24.9 Å². The SMILES string of the molecule is CCc1c(C(=O)N(C)Cc2ccc(C)o2)cnn1-c1ccc(OC)nn1. The van der Waals surface area contributed by atoms with Gasteiger partial charge < -0.3 is 14.1 Å². The number of methoxy groups -OCH3 is 1. The van der Waals surface area contributed by atoms with E-state index in [-0.39, 0.29) is 5.91 Å². The number of hydrogen-bond acceptors (Lipinski definition) is 6. The van der Waals surface area contributed by atoms with Crippen LogP contribution in [0.1, 0.15) is 34.5 Å². The molecule has 0 aliphatic heterocycles. The molecular formula is C18H21N5O3. The summed E-state index contributed by atoms with van der Waals surface area (Å²) in [5.41, 5.74) is 1.31. The molecule has 3 rings (SSSR count). The van der Waals surface area contributed by atoms with Crippen LogP contribution in [0.25, 0.3) is 5.82 Å². The predicted molar refractivity (Wildman–Crippen MR) is 94.3 cm³/mol. The topological polar surface area (TPSA) is 86.3 Å². The molecule has 0 fully saturated rings. The molecule has 1 amide bonds. The molecule has 0 saturated heterocycles. The predicted octanol–water partition coefficient (Wildman–Crippen LogP) is 2.41. The molecule has 0 atom stereocenters.